The predicted molar refractivity (Wildman–Crippen MR) is 157 cm³/mol. The number of fused-ring (bicyclic) bond motifs is 1. The van der Waals surface area contributed by atoms with E-state index in [0.29, 0.717) is 4.57 Å². The van der Waals surface area contributed by atoms with Gasteiger partial charge in [0.15, 0.2) is 23.9 Å². The molecule has 0 aliphatic carbocycles. The second-order valence-electron chi connectivity index (χ2n) is 10.4. The number of nitrogens with two attached hydrogens (primary N) is 1. The van der Waals surface area contributed by atoms with Gasteiger partial charge in [0.05, 0.1) is 19.5 Å². The van der Waals surface area contributed by atoms with E-state index < -0.39 is 105 Å². The Morgan fingerprint density at radius 1 is 0.745 bits per heavy atom. The second kappa shape index (κ2) is 14.6. The van der Waals surface area contributed by atoms with Gasteiger partial charge in [0.25, 0.3) is 5.56 Å². The zero-order valence-electron chi connectivity index (χ0n) is 24.8. The lowest BCUT2D eigenvalue weighted by molar-refractivity contribution is -0.0542. The fourth-order valence-corrected chi connectivity index (χ4v) is 9.63. The molecular formula is C19H27N7O21P4. The minimum Gasteiger partial charge on any atom is -0.387 e. The van der Waals surface area contributed by atoms with Crippen molar-refractivity contribution in [3.05, 3.63) is 45.8 Å². The Balaban J connectivity index is 1.14. The lowest BCUT2D eigenvalue weighted by atomic mass is 10.1. The molecule has 2 aliphatic rings. The van der Waals surface area contributed by atoms with Crippen LogP contribution in [0.1, 0.15) is 12.5 Å². The molecule has 4 unspecified atom stereocenters. The number of nitrogens with zero attached hydrogens (tertiary/aromatic N) is 5. The number of aromatic amines is 1. The molecule has 2 saturated heterocycles. The lowest BCUT2D eigenvalue weighted by Crippen LogP contribution is -2.37. The maximum absolute atomic E-state index is 12.4. The van der Waals surface area contributed by atoms with E-state index >= 15 is 0 Å². The highest BCUT2D eigenvalue weighted by Gasteiger charge is 2.50. The van der Waals surface area contributed by atoms with Crippen molar-refractivity contribution in [3.8, 4) is 0 Å². The fraction of sp³-hybridized carbons (Fsp3) is 0.526. The molecule has 0 radical (unpaired) electrons. The monoisotopic (exact) mass is 813 g/mol. The van der Waals surface area contributed by atoms with Gasteiger partial charge < -0.3 is 55.2 Å². The molecule has 11 N–H and O–H groups in total. The molecule has 0 amide bonds. The van der Waals surface area contributed by atoms with Crippen molar-refractivity contribution in [2.24, 2.45) is 0 Å². The number of phosphoric acid groups is 4. The first-order chi connectivity index (χ1) is 23.6. The van der Waals surface area contributed by atoms with Crippen LogP contribution in [-0.4, -0.2) is 119 Å². The van der Waals surface area contributed by atoms with Gasteiger partial charge in [-0.3, -0.25) is 28.0 Å². The molecule has 5 heterocycles. The summed E-state index contributed by atoms with van der Waals surface area (Å²) in [6, 6.07) is 0.876. The molecule has 0 spiro atoms. The van der Waals surface area contributed by atoms with Gasteiger partial charge in [-0.25, -0.2) is 38.0 Å². The lowest BCUT2D eigenvalue weighted by Gasteiger charge is -2.21. The summed E-state index contributed by atoms with van der Waals surface area (Å²) < 4.78 is 82.0. The highest BCUT2D eigenvalue weighted by atomic mass is 31.3. The number of nitrogens with one attached hydrogen (secondary N) is 1. The molecule has 12 atom stereocenters. The van der Waals surface area contributed by atoms with E-state index in [1.54, 1.807) is 0 Å². The molecule has 28 nitrogen and oxygen atoms in total. The van der Waals surface area contributed by atoms with Gasteiger partial charge in [0.1, 0.15) is 48.5 Å². The SMILES string of the molecule is Nc1ncnc2c1ncn2[C@@H]1O[C@H](COP(=O)(O)OP(=O)(O)OP(=O)(O)OP(=O)(O)OC[C@H]2O[C@@H](n3ccc(=O)[nH]c3=O)[C@@H](O)[C@H]2O)[C@H](O)[C@@H]1O. The topological polar surface area (TPSA) is 419 Å². The number of hydrogen-bond donors (Lipinski definition) is 10. The third kappa shape index (κ3) is 9.12. The predicted octanol–water partition coefficient (Wildman–Crippen LogP) is -3.32. The van der Waals surface area contributed by atoms with Crippen LogP contribution < -0.4 is 17.0 Å². The number of aliphatic hydroxyl groups is 4. The van der Waals surface area contributed by atoms with Crippen LogP contribution in [0.4, 0.5) is 5.82 Å². The van der Waals surface area contributed by atoms with E-state index in [-0.39, 0.29) is 17.0 Å². The fourth-order valence-electron chi connectivity index (χ4n) is 4.68. The van der Waals surface area contributed by atoms with E-state index in [4.69, 9.17) is 15.2 Å². The Hall–Kier alpha value is -2.65. The average molecular weight is 813 g/mol. The number of ether oxygens (including phenoxy) is 2. The average Bonchev–Trinajstić information content (AvgIpc) is 3.64. The molecule has 5 rings (SSSR count). The minimum absolute atomic E-state index is 0.0228. The number of H-pyrrole nitrogens is 1. The summed E-state index contributed by atoms with van der Waals surface area (Å²) in [7, 11) is -24.0. The first-order valence-electron chi connectivity index (χ1n) is 13.6. The van der Waals surface area contributed by atoms with Crippen molar-refractivity contribution in [1.29, 1.82) is 0 Å². The number of nitrogen functional groups attached to an aromatic ring is 1. The molecule has 51 heavy (non-hydrogen) atoms. The van der Waals surface area contributed by atoms with E-state index in [2.05, 4.69) is 36.9 Å². The zero-order valence-corrected chi connectivity index (χ0v) is 28.4. The number of hydrogen-bond acceptors (Lipinski definition) is 21. The van der Waals surface area contributed by atoms with Crippen molar-refractivity contribution in [3.63, 3.8) is 0 Å². The molecule has 32 heteroatoms. The summed E-state index contributed by atoms with van der Waals surface area (Å²) in [5, 5.41) is 41.2. The van der Waals surface area contributed by atoms with E-state index in [1.165, 1.54) is 0 Å². The van der Waals surface area contributed by atoms with Crippen molar-refractivity contribution in [2.75, 3.05) is 18.9 Å². The highest BCUT2D eigenvalue weighted by molar-refractivity contribution is 7.69. The van der Waals surface area contributed by atoms with Crippen LogP contribution >= 0.6 is 31.3 Å². The van der Waals surface area contributed by atoms with Crippen LogP contribution in [0.5, 0.6) is 0 Å². The van der Waals surface area contributed by atoms with Gasteiger partial charge in [-0.15, -0.1) is 0 Å². The number of phosphoric ester groups is 2. The van der Waals surface area contributed by atoms with Crippen molar-refractivity contribution < 1.29 is 89.7 Å². The number of imidazole rings is 1. The molecule has 2 fully saturated rings. The molecule has 284 valence electrons. The molecule has 0 saturated carbocycles. The third-order valence-corrected chi connectivity index (χ3v) is 12.8. The van der Waals surface area contributed by atoms with Crippen LogP contribution in [0.2, 0.25) is 0 Å². The quantitative estimate of drug-likeness (QED) is 0.0712. The van der Waals surface area contributed by atoms with Crippen molar-refractivity contribution in [2.45, 2.75) is 49.1 Å². The van der Waals surface area contributed by atoms with Crippen LogP contribution in [0, 0.1) is 0 Å². The Morgan fingerprint density at radius 3 is 1.75 bits per heavy atom. The zero-order chi connectivity index (χ0) is 37.7. The smallest absolute Gasteiger partial charge is 0.387 e. The standard InChI is InChI=1S/C19H27N7O21P4/c20-15-10-16(22-5-21-15)26(6-23-10)18-14(31)12(29)8(44-18)4-42-49(35,36)46-51(39,40)47-50(37,38)45-48(33,34)41-3-7-11(28)13(30)17(43-7)25-2-1-9(27)24-19(25)32/h1-2,5-8,11-14,17-18,28-31H,3-4H2,(H,33,34)(H,35,36)(H,37,38)(H,39,40)(H2,20,21,22)(H,24,27,32)/t7-,8-,11+,12+,13+,14+,17-,18-/m1/s1. The summed E-state index contributed by atoms with van der Waals surface area (Å²) in [5.41, 5.74) is 4.02. The molecular weight excluding hydrogens is 786 g/mol. The van der Waals surface area contributed by atoms with Crippen LogP contribution in [0.3, 0.4) is 0 Å². The number of anilines is 1. The first-order valence-corrected chi connectivity index (χ1v) is 19.6. The third-order valence-electron chi connectivity index (χ3n) is 6.88. The Kier molecular flexibility index (Phi) is 11.4. The molecule has 3 aromatic heterocycles. The van der Waals surface area contributed by atoms with Crippen LogP contribution in [-0.2, 0) is 49.7 Å². The number of rotatable bonds is 14. The number of aromatic nitrogens is 6. The maximum Gasteiger partial charge on any atom is 0.490 e. The van der Waals surface area contributed by atoms with Gasteiger partial charge in [0.2, 0.25) is 0 Å². The summed E-state index contributed by atoms with van der Waals surface area (Å²) in [4.78, 5) is 76.1. The van der Waals surface area contributed by atoms with Crippen LogP contribution in [0.15, 0.2) is 34.5 Å². The van der Waals surface area contributed by atoms with Crippen molar-refractivity contribution >= 4 is 48.3 Å². The molecule has 3 aromatic rings. The minimum atomic E-state index is -6.22. The first kappa shape index (κ1) is 39.6. The number of aliphatic hydroxyl groups excluding tert-OH is 4. The van der Waals surface area contributed by atoms with Crippen LogP contribution in [0.25, 0.3) is 11.2 Å². The normalized spacial score (nSPS) is 31.5. The largest absolute Gasteiger partial charge is 0.490 e. The van der Waals surface area contributed by atoms with Gasteiger partial charge in [-0.05, 0) is 0 Å². The summed E-state index contributed by atoms with van der Waals surface area (Å²) in [6.07, 6.45) is -10.6. The summed E-state index contributed by atoms with van der Waals surface area (Å²) in [6.45, 7) is -2.32. The van der Waals surface area contributed by atoms with E-state index in [1.807, 2.05) is 4.98 Å². The van der Waals surface area contributed by atoms with Crippen molar-refractivity contribution in [1.82, 2.24) is 29.1 Å². The van der Waals surface area contributed by atoms with E-state index in [0.717, 1.165) is 29.5 Å². The molecule has 0 aromatic carbocycles. The summed E-state index contributed by atoms with van der Waals surface area (Å²) in [5.74, 6) is -0.0228. The maximum atomic E-state index is 12.4. The molecule has 2 aliphatic heterocycles. The Morgan fingerprint density at radius 2 is 1.24 bits per heavy atom. The van der Waals surface area contributed by atoms with Gasteiger partial charge in [-0.2, -0.15) is 12.9 Å². The van der Waals surface area contributed by atoms with Gasteiger partial charge >= 0.3 is 37.0 Å². The Labute approximate surface area is 281 Å². The summed E-state index contributed by atoms with van der Waals surface area (Å²) >= 11 is 0. The second-order valence-corrected chi connectivity index (χ2v) is 16.6. The molecule has 0 bridgehead atoms. The highest BCUT2D eigenvalue weighted by Crippen LogP contribution is 2.71. The Bertz CT molecular complexity index is 2080. The van der Waals surface area contributed by atoms with E-state index in [9.17, 15) is 67.8 Å². The van der Waals surface area contributed by atoms with Gasteiger partial charge in [-0.1, -0.05) is 0 Å². The van der Waals surface area contributed by atoms with Gasteiger partial charge in [0, 0.05) is 12.3 Å².